The predicted octanol–water partition coefficient (Wildman–Crippen LogP) is 2.82. The molecule has 0 spiro atoms. The van der Waals surface area contributed by atoms with E-state index >= 15 is 0 Å². The van der Waals surface area contributed by atoms with E-state index in [9.17, 15) is 4.79 Å². The number of anilines is 2. The molecule has 122 valence electrons. The fourth-order valence-electron chi connectivity index (χ4n) is 2.03. The van der Waals surface area contributed by atoms with Crippen molar-refractivity contribution in [2.75, 3.05) is 30.3 Å². The van der Waals surface area contributed by atoms with E-state index in [0.717, 1.165) is 22.7 Å². The highest BCUT2D eigenvalue weighted by Crippen LogP contribution is 2.12. The standard InChI is InChI=1S/C16H20BrN5O/c1-3-18-14-10-15(22-11(2)21-14)19-7-8-20-16(23)12-5-4-6-13(17)9-12/h4-6,9-10H,3,7-8H2,1-2H3,(H,20,23)(H2,18,19,21,22). The molecular weight excluding hydrogens is 358 g/mol. The van der Waals surface area contributed by atoms with Crippen molar-refractivity contribution in [3.8, 4) is 0 Å². The molecule has 0 aliphatic rings. The first-order valence-corrected chi connectivity index (χ1v) is 8.25. The smallest absolute Gasteiger partial charge is 0.251 e. The maximum atomic E-state index is 12.0. The number of aryl methyl sites for hydroxylation is 1. The zero-order valence-corrected chi connectivity index (χ0v) is 14.8. The van der Waals surface area contributed by atoms with Gasteiger partial charge in [0, 0.05) is 35.7 Å². The van der Waals surface area contributed by atoms with Crippen LogP contribution in [0.4, 0.5) is 11.6 Å². The SMILES string of the molecule is CCNc1cc(NCCNC(=O)c2cccc(Br)c2)nc(C)n1. The molecule has 1 heterocycles. The van der Waals surface area contributed by atoms with Crippen LogP contribution in [0.5, 0.6) is 0 Å². The summed E-state index contributed by atoms with van der Waals surface area (Å²) in [5, 5.41) is 9.22. The molecule has 0 saturated heterocycles. The minimum atomic E-state index is -0.0969. The van der Waals surface area contributed by atoms with Gasteiger partial charge in [-0.3, -0.25) is 4.79 Å². The van der Waals surface area contributed by atoms with Crippen LogP contribution in [0.25, 0.3) is 0 Å². The number of halogens is 1. The molecule has 2 aromatic rings. The van der Waals surface area contributed by atoms with Gasteiger partial charge in [-0.1, -0.05) is 22.0 Å². The molecule has 0 aliphatic heterocycles. The lowest BCUT2D eigenvalue weighted by atomic mass is 10.2. The van der Waals surface area contributed by atoms with Gasteiger partial charge in [0.1, 0.15) is 17.5 Å². The quantitative estimate of drug-likeness (QED) is 0.646. The Kier molecular flexibility index (Phi) is 6.34. The van der Waals surface area contributed by atoms with Gasteiger partial charge < -0.3 is 16.0 Å². The predicted molar refractivity (Wildman–Crippen MR) is 95.9 cm³/mol. The molecule has 1 amide bonds. The molecule has 3 N–H and O–H groups in total. The minimum absolute atomic E-state index is 0.0969. The van der Waals surface area contributed by atoms with Crippen LogP contribution in [0.1, 0.15) is 23.1 Å². The number of hydrogen-bond acceptors (Lipinski definition) is 5. The molecule has 1 aromatic carbocycles. The van der Waals surface area contributed by atoms with Gasteiger partial charge in [0.25, 0.3) is 5.91 Å². The van der Waals surface area contributed by atoms with E-state index in [1.54, 1.807) is 12.1 Å². The van der Waals surface area contributed by atoms with E-state index in [1.807, 2.05) is 32.0 Å². The summed E-state index contributed by atoms with van der Waals surface area (Å²) >= 11 is 3.36. The molecule has 0 aliphatic carbocycles. The van der Waals surface area contributed by atoms with Crippen molar-refractivity contribution in [1.29, 1.82) is 0 Å². The fraction of sp³-hybridized carbons (Fsp3) is 0.312. The number of nitrogens with zero attached hydrogens (tertiary/aromatic N) is 2. The summed E-state index contributed by atoms with van der Waals surface area (Å²) in [4.78, 5) is 20.6. The van der Waals surface area contributed by atoms with Gasteiger partial charge >= 0.3 is 0 Å². The van der Waals surface area contributed by atoms with E-state index in [1.165, 1.54) is 0 Å². The normalized spacial score (nSPS) is 10.2. The molecule has 0 saturated carbocycles. The highest BCUT2D eigenvalue weighted by Gasteiger charge is 2.05. The Bertz CT molecular complexity index is 677. The number of carbonyl (C=O) groups is 1. The molecule has 2 rings (SSSR count). The average Bonchev–Trinajstić information content (AvgIpc) is 2.51. The van der Waals surface area contributed by atoms with Crippen molar-refractivity contribution in [2.45, 2.75) is 13.8 Å². The van der Waals surface area contributed by atoms with Gasteiger partial charge in [-0.2, -0.15) is 0 Å². The third-order valence-corrected chi connectivity index (χ3v) is 3.49. The summed E-state index contributed by atoms with van der Waals surface area (Å²) in [6.45, 7) is 5.76. The van der Waals surface area contributed by atoms with Crippen molar-refractivity contribution in [3.63, 3.8) is 0 Å². The van der Waals surface area contributed by atoms with Crippen LogP contribution in [0.3, 0.4) is 0 Å². The van der Waals surface area contributed by atoms with Crippen LogP contribution in [-0.4, -0.2) is 35.5 Å². The van der Waals surface area contributed by atoms with Gasteiger partial charge in [-0.25, -0.2) is 9.97 Å². The van der Waals surface area contributed by atoms with Gasteiger partial charge in [0.05, 0.1) is 0 Å². The Morgan fingerprint density at radius 1 is 1.13 bits per heavy atom. The van der Waals surface area contributed by atoms with Crippen molar-refractivity contribution in [3.05, 3.63) is 46.2 Å². The van der Waals surface area contributed by atoms with E-state index in [4.69, 9.17) is 0 Å². The maximum absolute atomic E-state index is 12.0. The highest BCUT2D eigenvalue weighted by molar-refractivity contribution is 9.10. The number of rotatable bonds is 7. The second-order valence-electron chi connectivity index (χ2n) is 4.91. The summed E-state index contributed by atoms with van der Waals surface area (Å²) < 4.78 is 0.885. The van der Waals surface area contributed by atoms with Crippen LogP contribution in [-0.2, 0) is 0 Å². The number of hydrogen-bond donors (Lipinski definition) is 3. The summed E-state index contributed by atoms with van der Waals surface area (Å²) in [5.74, 6) is 2.13. The van der Waals surface area contributed by atoms with Gasteiger partial charge in [0.2, 0.25) is 0 Å². The second-order valence-corrected chi connectivity index (χ2v) is 5.82. The second kappa shape index (κ2) is 8.47. The van der Waals surface area contributed by atoms with Crippen molar-refractivity contribution in [2.24, 2.45) is 0 Å². The lowest BCUT2D eigenvalue weighted by Gasteiger charge is -2.10. The fourth-order valence-corrected chi connectivity index (χ4v) is 2.43. The van der Waals surface area contributed by atoms with Gasteiger partial charge in [-0.15, -0.1) is 0 Å². The molecule has 0 fully saturated rings. The van der Waals surface area contributed by atoms with Crippen LogP contribution in [0.2, 0.25) is 0 Å². The van der Waals surface area contributed by atoms with Crippen molar-refractivity contribution in [1.82, 2.24) is 15.3 Å². The molecular formula is C16H20BrN5O. The van der Waals surface area contributed by atoms with Crippen LogP contribution in [0, 0.1) is 6.92 Å². The Balaban J connectivity index is 1.82. The summed E-state index contributed by atoms with van der Waals surface area (Å²) in [5.41, 5.74) is 0.631. The van der Waals surface area contributed by atoms with Gasteiger partial charge in [0.15, 0.2) is 0 Å². The molecule has 7 heteroatoms. The van der Waals surface area contributed by atoms with E-state index < -0.39 is 0 Å². The molecule has 6 nitrogen and oxygen atoms in total. The first-order valence-electron chi connectivity index (χ1n) is 7.45. The topological polar surface area (TPSA) is 78.9 Å². The van der Waals surface area contributed by atoms with Crippen LogP contribution in [0.15, 0.2) is 34.8 Å². The average molecular weight is 378 g/mol. The van der Waals surface area contributed by atoms with E-state index in [0.29, 0.717) is 24.5 Å². The molecule has 0 radical (unpaired) electrons. The minimum Gasteiger partial charge on any atom is -0.370 e. The molecule has 23 heavy (non-hydrogen) atoms. The van der Waals surface area contributed by atoms with E-state index in [-0.39, 0.29) is 5.91 Å². The summed E-state index contributed by atoms with van der Waals surface area (Å²) in [6, 6.07) is 9.15. The Morgan fingerprint density at radius 2 is 1.87 bits per heavy atom. The maximum Gasteiger partial charge on any atom is 0.251 e. The lowest BCUT2D eigenvalue weighted by Crippen LogP contribution is -2.28. The third-order valence-electron chi connectivity index (χ3n) is 3.00. The number of nitrogens with one attached hydrogen (secondary N) is 3. The van der Waals surface area contributed by atoms with Gasteiger partial charge in [-0.05, 0) is 32.0 Å². The van der Waals surface area contributed by atoms with Crippen LogP contribution >= 0.6 is 15.9 Å². The Morgan fingerprint density at radius 3 is 2.57 bits per heavy atom. The third kappa shape index (κ3) is 5.52. The lowest BCUT2D eigenvalue weighted by molar-refractivity contribution is 0.0955. The van der Waals surface area contributed by atoms with Crippen molar-refractivity contribution >= 4 is 33.5 Å². The van der Waals surface area contributed by atoms with E-state index in [2.05, 4.69) is 41.8 Å². The molecule has 0 atom stereocenters. The number of aromatic nitrogens is 2. The summed E-state index contributed by atoms with van der Waals surface area (Å²) in [7, 11) is 0. The Hall–Kier alpha value is -2.15. The first kappa shape index (κ1) is 17.2. The zero-order chi connectivity index (χ0) is 16.7. The molecule has 0 unspecified atom stereocenters. The first-order chi connectivity index (χ1) is 11.1. The van der Waals surface area contributed by atoms with Crippen LogP contribution < -0.4 is 16.0 Å². The highest BCUT2D eigenvalue weighted by atomic mass is 79.9. The summed E-state index contributed by atoms with van der Waals surface area (Å²) in [6.07, 6.45) is 0. The zero-order valence-electron chi connectivity index (χ0n) is 13.2. The van der Waals surface area contributed by atoms with Crippen molar-refractivity contribution < 1.29 is 4.79 Å². The Labute approximate surface area is 144 Å². The number of amides is 1. The number of benzene rings is 1. The molecule has 0 bridgehead atoms. The largest absolute Gasteiger partial charge is 0.370 e. The molecule has 1 aromatic heterocycles. The monoisotopic (exact) mass is 377 g/mol. The number of carbonyl (C=O) groups excluding carboxylic acids is 1.